The Kier molecular flexibility index (Phi) is 3.56. The van der Waals surface area contributed by atoms with Crippen LogP contribution in [-0.2, 0) is 0 Å². The first-order chi connectivity index (χ1) is 6.92. The second-order valence-electron chi connectivity index (χ2n) is 3.91. The Morgan fingerprint density at radius 2 is 2.50 bits per heavy atom. The fourth-order valence-corrected chi connectivity index (χ4v) is 3.11. The third kappa shape index (κ3) is 2.16. The molecule has 0 aliphatic carbocycles. The summed E-state index contributed by atoms with van der Waals surface area (Å²) in [5.41, 5.74) is 5.86. The molecule has 1 aromatic heterocycles. The predicted octanol–water partition coefficient (Wildman–Crippen LogP) is 1.93. The zero-order valence-electron chi connectivity index (χ0n) is 8.41. The standard InChI is InChI=1S/C11H18N2S/c12-8-9(11-5-3-7-14-11)10-4-1-2-6-13-10/h3,5,7,9-10,13H,1-2,4,6,8,12H2. The average Bonchev–Trinajstić information content (AvgIpc) is 2.74. The van der Waals surface area contributed by atoms with Crippen LogP contribution in [0.5, 0.6) is 0 Å². The molecule has 2 unspecified atom stereocenters. The van der Waals surface area contributed by atoms with Gasteiger partial charge in [0.05, 0.1) is 0 Å². The zero-order chi connectivity index (χ0) is 9.80. The van der Waals surface area contributed by atoms with Crippen molar-refractivity contribution >= 4 is 11.3 Å². The van der Waals surface area contributed by atoms with E-state index >= 15 is 0 Å². The molecule has 1 saturated heterocycles. The molecular formula is C11H18N2S. The van der Waals surface area contributed by atoms with Gasteiger partial charge in [0.2, 0.25) is 0 Å². The monoisotopic (exact) mass is 210 g/mol. The lowest BCUT2D eigenvalue weighted by Gasteiger charge is -2.30. The average molecular weight is 210 g/mol. The second-order valence-corrected chi connectivity index (χ2v) is 4.89. The summed E-state index contributed by atoms with van der Waals surface area (Å²) in [6.45, 7) is 1.92. The van der Waals surface area contributed by atoms with E-state index in [0.29, 0.717) is 12.0 Å². The first-order valence-electron chi connectivity index (χ1n) is 5.38. The van der Waals surface area contributed by atoms with E-state index in [4.69, 9.17) is 5.73 Å². The molecule has 2 rings (SSSR count). The lowest BCUT2D eigenvalue weighted by Crippen LogP contribution is -2.41. The second kappa shape index (κ2) is 4.91. The molecule has 0 aromatic carbocycles. The van der Waals surface area contributed by atoms with Crippen LogP contribution in [0, 0.1) is 0 Å². The number of rotatable bonds is 3. The molecule has 3 N–H and O–H groups in total. The lowest BCUT2D eigenvalue weighted by molar-refractivity contribution is 0.355. The summed E-state index contributed by atoms with van der Waals surface area (Å²) in [4.78, 5) is 1.44. The van der Waals surface area contributed by atoms with Crippen LogP contribution in [0.25, 0.3) is 0 Å². The Hall–Kier alpha value is -0.380. The van der Waals surface area contributed by atoms with E-state index < -0.39 is 0 Å². The molecule has 2 nitrogen and oxygen atoms in total. The molecule has 0 amide bonds. The van der Waals surface area contributed by atoms with Gasteiger partial charge in [0.15, 0.2) is 0 Å². The summed E-state index contributed by atoms with van der Waals surface area (Å²) >= 11 is 1.83. The fourth-order valence-electron chi connectivity index (χ4n) is 2.20. The van der Waals surface area contributed by atoms with Gasteiger partial charge >= 0.3 is 0 Å². The summed E-state index contributed by atoms with van der Waals surface area (Å²) in [7, 11) is 0. The number of hydrogen-bond acceptors (Lipinski definition) is 3. The third-order valence-electron chi connectivity index (χ3n) is 3.00. The van der Waals surface area contributed by atoms with Gasteiger partial charge in [-0.05, 0) is 30.8 Å². The number of hydrogen-bond donors (Lipinski definition) is 2. The summed E-state index contributed by atoms with van der Waals surface area (Å²) in [6, 6.07) is 4.93. The molecule has 1 aliphatic heterocycles. The first-order valence-corrected chi connectivity index (χ1v) is 6.26. The van der Waals surface area contributed by atoms with Crippen molar-refractivity contribution in [2.45, 2.75) is 31.2 Å². The summed E-state index contributed by atoms with van der Waals surface area (Å²) in [5, 5.41) is 5.72. The van der Waals surface area contributed by atoms with E-state index in [-0.39, 0.29) is 0 Å². The van der Waals surface area contributed by atoms with Gasteiger partial charge in [0.1, 0.15) is 0 Å². The molecular weight excluding hydrogens is 192 g/mol. The summed E-state index contributed by atoms with van der Waals surface area (Å²) in [5.74, 6) is 0.523. The predicted molar refractivity (Wildman–Crippen MR) is 61.8 cm³/mol. The van der Waals surface area contributed by atoms with Crippen molar-refractivity contribution < 1.29 is 0 Å². The normalized spacial score (nSPS) is 24.8. The van der Waals surface area contributed by atoms with Crippen LogP contribution in [0.15, 0.2) is 17.5 Å². The molecule has 1 aromatic rings. The van der Waals surface area contributed by atoms with Crippen molar-refractivity contribution in [2.24, 2.45) is 5.73 Å². The van der Waals surface area contributed by atoms with E-state index in [1.807, 2.05) is 11.3 Å². The maximum atomic E-state index is 5.86. The van der Waals surface area contributed by atoms with E-state index in [1.165, 1.54) is 24.1 Å². The number of thiophene rings is 1. The highest BCUT2D eigenvalue weighted by Gasteiger charge is 2.23. The van der Waals surface area contributed by atoms with E-state index in [1.54, 1.807) is 0 Å². The Bertz CT molecular complexity index is 252. The molecule has 3 heteroatoms. The van der Waals surface area contributed by atoms with Crippen molar-refractivity contribution in [1.29, 1.82) is 0 Å². The Morgan fingerprint density at radius 1 is 1.57 bits per heavy atom. The molecule has 0 saturated carbocycles. The number of nitrogens with one attached hydrogen (secondary N) is 1. The fraction of sp³-hybridized carbons (Fsp3) is 0.636. The lowest BCUT2D eigenvalue weighted by atomic mass is 9.91. The van der Waals surface area contributed by atoms with Gasteiger partial charge in [-0.1, -0.05) is 12.5 Å². The molecule has 78 valence electrons. The van der Waals surface area contributed by atoms with Gasteiger partial charge in [-0.15, -0.1) is 11.3 Å². The largest absolute Gasteiger partial charge is 0.330 e. The van der Waals surface area contributed by atoms with Crippen molar-refractivity contribution in [1.82, 2.24) is 5.32 Å². The van der Waals surface area contributed by atoms with E-state index in [0.717, 1.165) is 13.1 Å². The maximum absolute atomic E-state index is 5.86. The van der Waals surface area contributed by atoms with Crippen LogP contribution in [0.1, 0.15) is 30.1 Å². The van der Waals surface area contributed by atoms with Gasteiger partial charge in [0.25, 0.3) is 0 Å². The van der Waals surface area contributed by atoms with Crippen molar-refractivity contribution in [3.63, 3.8) is 0 Å². The summed E-state index contributed by atoms with van der Waals surface area (Å²) in [6.07, 6.45) is 3.94. The molecule has 1 aliphatic rings. The third-order valence-corrected chi connectivity index (χ3v) is 4.00. The molecule has 1 fully saturated rings. The summed E-state index contributed by atoms with van der Waals surface area (Å²) < 4.78 is 0. The molecule has 0 radical (unpaired) electrons. The Labute approximate surface area is 89.5 Å². The van der Waals surface area contributed by atoms with Crippen LogP contribution in [0.2, 0.25) is 0 Å². The minimum Gasteiger partial charge on any atom is -0.330 e. The van der Waals surface area contributed by atoms with Gasteiger partial charge in [-0.25, -0.2) is 0 Å². The first kappa shape index (κ1) is 10.1. The van der Waals surface area contributed by atoms with Gasteiger partial charge in [-0.3, -0.25) is 0 Å². The van der Waals surface area contributed by atoms with Crippen LogP contribution in [0.3, 0.4) is 0 Å². The van der Waals surface area contributed by atoms with Crippen molar-refractivity contribution in [3.05, 3.63) is 22.4 Å². The number of piperidine rings is 1. The Morgan fingerprint density at radius 3 is 3.07 bits per heavy atom. The highest BCUT2D eigenvalue weighted by Crippen LogP contribution is 2.27. The highest BCUT2D eigenvalue weighted by molar-refractivity contribution is 7.10. The van der Waals surface area contributed by atoms with Crippen LogP contribution >= 0.6 is 11.3 Å². The highest BCUT2D eigenvalue weighted by atomic mass is 32.1. The molecule has 2 heterocycles. The minimum absolute atomic E-state index is 0.523. The SMILES string of the molecule is NCC(c1cccs1)C1CCCCN1. The van der Waals surface area contributed by atoms with Crippen LogP contribution in [-0.4, -0.2) is 19.1 Å². The van der Waals surface area contributed by atoms with Crippen molar-refractivity contribution in [3.8, 4) is 0 Å². The molecule has 2 atom stereocenters. The van der Waals surface area contributed by atoms with E-state index in [2.05, 4.69) is 22.8 Å². The van der Waals surface area contributed by atoms with Crippen molar-refractivity contribution in [2.75, 3.05) is 13.1 Å². The molecule has 14 heavy (non-hydrogen) atoms. The quantitative estimate of drug-likeness (QED) is 0.800. The van der Waals surface area contributed by atoms with Gasteiger partial charge in [0, 0.05) is 23.4 Å². The minimum atomic E-state index is 0.523. The smallest absolute Gasteiger partial charge is 0.0209 e. The van der Waals surface area contributed by atoms with E-state index in [9.17, 15) is 0 Å². The number of nitrogens with two attached hydrogens (primary N) is 1. The maximum Gasteiger partial charge on any atom is 0.0209 e. The molecule has 0 bridgehead atoms. The van der Waals surface area contributed by atoms with Crippen LogP contribution in [0.4, 0.5) is 0 Å². The zero-order valence-corrected chi connectivity index (χ0v) is 9.22. The Balaban J connectivity index is 2.04. The van der Waals surface area contributed by atoms with Crippen LogP contribution < -0.4 is 11.1 Å². The molecule has 0 spiro atoms. The van der Waals surface area contributed by atoms with Gasteiger partial charge in [-0.2, -0.15) is 0 Å². The van der Waals surface area contributed by atoms with Gasteiger partial charge < -0.3 is 11.1 Å². The topological polar surface area (TPSA) is 38.0 Å².